The molecule has 1 aromatic heterocycles. The second-order valence-electron chi connectivity index (χ2n) is 6.81. The molecule has 8 nitrogen and oxygen atoms in total. The number of anilines is 1. The number of nitrogens with one attached hydrogen (secondary N) is 2. The van der Waals surface area contributed by atoms with E-state index in [1.807, 2.05) is 0 Å². The summed E-state index contributed by atoms with van der Waals surface area (Å²) < 4.78 is 10.7. The van der Waals surface area contributed by atoms with Gasteiger partial charge in [0.1, 0.15) is 16.5 Å². The number of hydrogen-bond acceptors (Lipinski definition) is 7. The number of aromatic nitrogens is 2. The van der Waals surface area contributed by atoms with Gasteiger partial charge >= 0.3 is 0 Å². The van der Waals surface area contributed by atoms with E-state index in [9.17, 15) is 9.59 Å². The van der Waals surface area contributed by atoms with Crippen molar-refractivity contribution in [1.82, 2.24) is 15.5 Å². The number of rotatable bonds is 11. The number of amides is 2. The van der Waals surface area contributed by atoms with Gasteiger partial charge in [-0.05, 0) is 42.8 Å². The Morgan fingerprint density at radius 1 is 1.12 bits per heavy atom. The second kappa shape index (κ2) is 12.4. The minimum atomic E-state index is -0.200. The number of methoxy groups -OCH3 is 1. The standard InChI is InChI=1S/C22H22Cl2N4O4S/c1-31-16-5-2-4-14(12-16)21(30)25-10-9-20-27-28-22(33-20)26-19(29)6-3-11-32-18-8-7-15(23)13-17(18)24/h2,4-5,7-8,12-13H,3,6,9-11H2,1H3,(H,25,30)(H,26,28,29). The molecule has 0 bridgehead atoms. The van der Waals surface area contributed by atoms with E-state index in [4.69, 9.17) is 32.7 Å². The first-order chi connectivity index (χ1) is 15.9. The van der Waals surface area contributed by atoms with Gasteiger partial charge in [-0.1, -0.05) is 40.6 Å². The molecule has 0 fully saturated rings. The molecular formula is C22H22Cl2N4O4S. The van der Waals surface area contributed by atoms with Crippen LogP contribution in [-0.2, 0) is 11.2 Å². The highest BCUT2D eigenvalue weighted by molar-refractivity contribution is 7.15. The minimum Gasteiger partial charge on any atom is -0.497 e. The van der Waals surface area contributed by atoms with Gasteiger partial charge in [-0.3, -0.25) is 9.59 Å². The molecule has 33 heavy (non-hydrogen) atoms. The molecule has 2 amide bonds. The molecule has 0 unspecified atom stereocenters. The van der Waals surface area contributed by atoms with Crippen LogP contribution in [0.2, 0.25) is 10.0 Å². The fourth-order valence-corrected chi connectivity index (χ4v) is 3.96. The van der Waals surface area contributed by atoms with Crippen LogP contribution in [0.1, 0.15) is 28.2 Å². The minimum absolute atomic E-state index is 0.185. The van der Waals surface area contributed by atoms with E-state index < -0.39 is 0 Å². The second-order valence-corrected chi connectivity index (χ2v) is 8.72. The van der Waals surface area contributed by atoms with Crippen molar-refractivity contribution in [1.29, 1.82) is 0 Å². The highest BCUT2D eigenvalue weighted by Gasteiger charge is 2.10. The van der Waals surface area contributed by atoms with Gasteiger partial charge in [-0.25, -0.2) is 0 Å². The molecule has 11 heteroatoms. The van der Waals surface area contributed by atoms with Crippen LogP contribution < -0.4 is 20.1 Å². The molecule has 2 N–H and O–H groups in total. The summed E-state index contributed by atoms with van der Waals surface area (Å²) in [5.41, 5.74) is 0.516. The fraction of sp³-hybridized carbons (Fsp3) is 0.273. The molecule has 2 aromatic carbocycles. The highest BCUT2D eigenvalue weighted by Crippen LogP contribution is 2.27. The first kappa shape index (κ1) is 24.8. The van der Waals surface area contributed by atoms with Gasteiger partial charge in [0, 0.05) is 30.0 Å². The lowest BCUT2D eigenvalue weighted by Crippen LogP contribution is -2.25. The Labute approximate surface area is 205 Å². The van der Waals surface area contributed by atoms with Gasteiger partial charge in [0.25, 0.3) is 5.91 Å². The molecule has 3 aromatic rings. The van der Waals surface area contributed by atoms with E-state index in [2.05, 4.69) is 20.8 Å². The van der Waals surface area contributed by atoms with Crippen LogP contribution in [-0.4, -0.2) is 42.3 Å². The van der Waals surface area contributed by atoms with Gasteiger partial charge in [-0.15, -0.1) is 10.2 Å². The Hall–Kier alpha value is -2.88. The molecule has 0 spiro atoms. The van der Waals surface area contributed by atoms with Crippen molar-refractivity contribution in [2.75, 3.05) is 25.6 Å². The van der Waals surface area contributed by atoms with Crippen molar-refractivity contribution in [2.24, 2.45) is 0 Å². The van der Waals surface area contributed by atoms with Gasteiger partial charge < -0.3 is 20.1 Å². The molecule has 174 valence electrons. The molecular weight excluding hydrogens is 487 g/mol. The summed E-state index contributed by atoms with van der Waals surface area (Å²) in [5.74, 6) is 0.755. The third-order valence-electron chi connectivity index (χ3n) is 4.37. The average molecular weight is 509 g/mol. The lowest BCUT2D eigenvalue weighted by molar-refractivity contribution is -0.116. The summed E-state index contributed by atoms with van der Waals surface area (Å²) in [5, 5.41) is 15.7. The molecule has 0 aliphatic heterocycles. The van der Waals surface area contributed by atoms with E-state index in [0.717, 1.165) is 0 Å². The molecule has 0 saturated carbocycles. The monoisotopic (exact) mass is 508 g/mol. The maximum atomic E-state index is 12.2. The molecule has 0 atom stereocenters. The summed E-state index contributed by atoms with van der Waals surface area (Å²) in [6.45, 7) is 0.729. The Bertz CT molecular complexity index is 1110. The summed E-state index contributed by atoms with van der Waals surface area (Å²) in [6.07, 6.45) is 1.27. The summed E-state index contributed by atoms with van der Waals surface area (Å²) in [7, 11) is 1.55. The number of ether oxygens (including phenoxy) is 2. The number of carbonyl (C=O) groups is 2. The molecule has 0 saturated heterocycles. The maximum Gasteiger partial charge on any atom is 0.251 e. The third-order valence-corrected chi connectivity index (χ3v) is 5.80. The molecule has 0 aliphatic carbocycles. The Kier molecular flexibility index (Phi) is 9.29. The maximum absolute atomic E-state index is 12.2. The quantitative estimate of drug-likeness (QED) is 0.366. The smallest absolute Gasteiger partial charge is 0.251 e. The summed E-state index contributed by atoms with van der Waals surface area (Å²) >= 11 is 13.2. The number of halogens is 2. The number of nitrogens with zero attached hydrogens (tertiary/aromatic N) is 2. The SMILES string of the molecule is COc1cccc(C(=O)NCCc2nnc(NC(=O)CCCOc3ccc(Cl)cc3Cl)s2)c1. The van der Waals surface area contributed by atoms with Crippen LogP contribution in [0.3, 0.4) is 0 Å². The molecule has 0 radical (unpaired) electrons. The lowest BCUT2D eigenvalue weighted by Gasteiger charge is -2.08. The molecule has 0 aliphatic rings. The van der Waals surface area contributed by atoms with E-state index in [0.29, 0.717) is 63.2 Å². The predicted molar refractivity (Wildman–Crippen MR) is 129 cm³/mol. The first-order valence-corrected chi connectivity index (χ1v) is 11.6. The average Bonchev–Trinajstić information content (AvgIpc) is 3.24. The largest absolute Gasteiger partial charge is 0.497 e. The first-order valence-electron chi connectivity index (χ1n) is 10.1. The number of hydrogen-bond donors (Lipinski definition) is 2. The van der Waals surface area contributed by atoms with E-state index in [-0.39, 0.29) is 18.2 Å². The normalized spacial score (nSPS) is 10.5. The van der Waals surface area contributed by atoms with Crippen LogP contribution in [0.25, 0.3) is 0 Å². The van der Waals surface area contributed by atoms with Crippen molar-refractivity contribution >= 4 is 51.5 Å². The van der Waals surface area contributed by atoms with E-state index >= 15 is 0 Å². The summed E-state index contributed by atoms with van der Waals surface area (Å²) in [4.78, 5) is 24.3. The third kappa shape index (κ3) is 7.88. The topological polar surface area (TPSA) is 102 Å². The van der Waals surface area contributed by atoms with Gasteiger partial charge in [-0.2, -0.15) is 0 Å². The van der Waals surface area contributed by atoms with Crippen molar-refractivity contribution in [2.45, 2.75) is 19.3 Å². The highest BCUT2D eigenvalue weighted by atomic mass is 35.5. The zero-order chi connectivity index (χ0) is 23.6. The van der Waals surface area contributed by atoms with Gasteiger partial charge in [0.2, 0.25) is 11.0 Å². The van der Waals surface area contributed by atoms with Crippen LogP contribution in [0.5, 0.6) is 11.5 Å². The Morgan fingerprint density at radius 3 is 2.76 bits per heavy atom. The Balaban J connectivity index is 1.35. The fourth-order valence-electron chi connectivity index (χ4n) is 2.74. The van der Waals surface area contributed by atoms with Crippen molar-refractivity contribution in [3.63, 3.8) is 0 Å². The number of carbonyl (C=O) groups excluding carboxylic acids is 2. The van der Waals surface area contributed by atoms with Crippen LogP contribution in [0.4, 0.5) is 5.13 Å². The van der Waals surface area contributed by atoms with Crippen molar-refractivity contribution in [3.05, 3.63) is 63.1 Å². The van der Waals surface area contributed by atoms with E-state index in [1.54, 1.807) is 49.6 Å². The van der Waals surface area contributed by atoms with Crippen LogP contribution in [0.15, 0.2) is 42.5 Å². The van der Waals surface area contributed by atoms with Crippen LogP contribution in [0, 0.1) is 0 Å². The van der Waals surface area contributed by atoms with Gasteiger partial charge in [0.05, 0.1) is 18.7 Å². The lowest BCUT2D eigenvalue weighted by atomic mass is 10.2. The zero-order valence-electron chi connectivity index (χ0n) is 17.8. The number of benzene rings is 2. The van der Waals surface area contributed by atoms with E-state index in [1.165, 1.54) is 11.3 Å². The Morgan fingerprint density at radius 2 is 1.97 bits per heavy atom. The van der Waals surface area contributed by atoms with Crippen molar-refractivity contribution in [3.8, 4) is 11.5 Å². The molecule has 1 heterocycles. The van der Waals surface area contributed by atoms with Gasteiger partial charge in [0.15, 0.2) is 0 Å². The predicted octanol–water partition coefficient (Wildman–Crippen LogP) is 4.62. The van der Waals surface area contributed by atoms with Crippen LogP contribution >= 0.6 is 34.5 Å². The summed E-state index contributed by atoms with van der Waals surface area (Å²) in [6, 6.07) is 11.9. The zero-order valence-corrected chi connectivity index (χ0v) is 20.1. The molecule has 3 rings (SSSR count). The van der Waals surface area contributed by atoms with Crippen molar-refractivity contribution < 1.29 is 19.1 Å².